The highest BCUT2D eigenvalue weighted by Crippen LogP contribution is 2.11. The summed E-state index contributed by atoms with van der Waals surface area (Å²) in [6.07, 6.45) is 2.71. The topological polar surface area (TPSA) is 111 Å². The van der Waals surface area contributed by atoms with Gasteiger partial charge in [-0.2, -0.15) is 0 Å². The quantitative estimate of drug-likeness (QED) is 0.629. The maximum Gasteiger partial charge on any atom is 0.254 e. The summed E-state index contributed by atoms with van der Waals surface area (Å²) in [6.45, 7) is 0.341. The average Bonchev–Trinajstić information content (AvgIpc) is 2.31. The van der Waals surface area contributed by atoms with Crippen LogP contribution >= 0.6 is 0 Å². The Hall–Kier alpha value is -2.18. The molecular weight excluding hydrogens is 239 g/mol. The van der Waals surface area contributed by atoms with Gasteiger partial charge in [0.2, 0.25) is 5.91 Å². The number of rotatable bonds is 6. The number of unbranched alkanes of at least 4 members (excludes halogenated alkanes) is 1. The van der Waals surface area contributed by atoms with Crippen molar-refractivity contribution in [1.29, 1.82) is 0 Å². The van der Waals surface area contributed by atoms with Crippen LogP contribution < -0.4 is 16.8 Å². The Morgan fingerprint density at radius 1 is 1.39 bits per heavy atom. The van der Waals surface area contributed by atoms with Gasteiger partial charge in [-0.3, -0.25) is 9.59 Å². The molecule has 98 valence electrons. The minimum atomic E-state index is -0.827. The van der Waals surface area contributed by atoms with Crippen LogP contribution in [0.15, 0.2) is 12.3 Å². The van der Waals surface area contributed by atoms with E-state index in [1.807, 2.05) is 0 Å². The number of halogens is 1. The number of carbonyl (C=O) groups is 2. The second-order valence-corrected chi connectivity index (χ2v) is 3.74. The predicted octanol–water partition coefficient (Wildman–Crippen LogP) is 0.188. The fraction of sp³-hybridized carbons (Fsp3) is 0.364. The van der Waals surface area contributed by atoms with Crippen LogP contribution in [0.4, 0.5) is 10.2 Å². The van der Waals surface area contributed by atoms with E-state index in [0.717, 1.165) is 0 Å². The summed E-state index contributed by atoms with van der Waals surface area (Å²) in [4.78, 5) is 25.6. The number of nitrogens with zero attached hydrogens (tertiary/aromatic N) is 1. The number of nitrogen functional groups attached to an aromatic ring is 1. The van der Waals surface area contributed by atoms with Gasteiger partial charge in [0.05, 0.1) is 5.56 Å². The van der Waals surface area contributed by atoms with Crippen molar-refractivity contribution in [3.63, 3.8) is 0 Å². The van der Waals surface area contributed by atoms with Crippen LogP contribution in [-0.4, -0.2) is 23.3 Å². The molecule has 0 unspecified atom stereocenters. The molecule has 1 aromatic rings. The van der Waals surface area contributed by atoms with Crippen molar-refractivity contribution in [1.82, 2.24) is 10.3 Å². The van der Waals surface area contributed by atoms with Gasteiger partial charge in [0.25, 0.3) is 5.91 Å². The van der Waals surface area contributed by atoms with Gasteiger partial charge in [0.15, 0.2) is 11.6 Å². The van der Waals surface area contributed by atoms with Crippen LogP contribution in [0.3, 0.4) is 0 Å². The Balaban J connectivity index is 2.41. The molecule has 7 heteroatoms. The zero-order valence-corrected chi connectivity index (χ0v) is 9.78. The van der Waals surface area contributed by atoms with Crippen LogP contribution in [0, 0.1) is 5.82 Å². The van der Waals surface area contributed by atoms with Gasteiger partial charge in [-0.15, -0.1) is 0 Å². The minimum Gasteiger partial charge on any atom is -0.381 e. The summed E-state index contributed by atoms with van der Waals surface area (Å²) in [5.74, 6) is -2.07. The number of carbonyl (C=O) groups excluding carboxylic acids is 2. The number of pyridine rings is 1. The van der Waals surface area contributed by atoms with E-state index in [-0.39, 0.29) is 23.7 Å². The molecule has 18 heavy (non-hydrogen) atoms. The zero-order chi connectivity index (χ0) is 13.5. The Kier molecular flexibility index (Phi) is 5.04. The van der Waals surface area contributed by atoms with E-state index in [2.05, 4.69) is 10.3 Å². The molecule has 0 aliphatic rings. The van der Waals surface area contributed by atoms with E-state index in [1.165, 1.54) is 12.3 Å². The summed E-state index contributed by atoms with van der Waals surface area (Å²) >= 11 is 0. The second-order valence-electron chi connectivity index (χ2n) is 3.74. The molecular formula is C11H15FN4O2. The van der Waals surface area contributed by atoms with E-state index < -0.39 is 11.7 Å². The third kappa shape index (κ3) is 4.00. The normalized spacial score (nSPS) is 10.1. The SMILES string of the molecule is NC(=O)CCCCNC(=O)c1ccnc(N)c1F. The van der Waals surface area contributed by atoms with Gasteiger partial charge >= 0.3 is 0 Å². The van der Waals surface area contributed by atoms with Crippen LogP contribution in [0.2, 0.25) is 0 Å². The lowest BCUT2D eigenvalue weighted by Crippen LogP contribution is -2.26. The first-order chi connectivity index (χ1) is 8.52. The molecule has 6 nitrogen and oxygen atoms in total. The van der Waals surface area contributed by atoms with Gasteiger partial charge < -0.3 is 16.8 Å². The number of hydrogen-bond donors (Lipinski definition) is 3. The summed E-state index contributed by atoms with van der Waals surface area (Å²) in [6, 6.07) is 1.25. The van der Waals surface area contributed by atoms with Gasteiger partial charge in [0, 0.05) is 19.2 Å². The molecule has 0 aromatic carbocycles. The third-order valence-electron chi connectivity index (χ3n) is 2.30. The summed E-state index contributed by atoms with van der Waals surface area (Å²) in [5.41, 5.74) is 10.1. The smallest absolute Gasteiger partial charge is 0.254 e. The molecule has 1 rings (SSSR count). The third-order valence-corrected chi connectivity index (χ3v) is 2.30. The lowest BCUT2D eigenvalue weighted by atomic mass is 10.2. The molecule has 0 atom stereocenters. The highest BCUT2D eigenvalue weighted by Gasteiger charge is 2.13. The highest BCUT2D eigenvalue weighted by atomic mass is 19.1. The first kappa shape index (κ1) is 13.9. The Morgan fingerprint density at radius 2 is 2.11 bits per heavy atom. The van der Waals surface area contributed by atoms with Crippen molar-refractivity contribution in [2.45, 2.75) is 19.3 Å². The lowest BCUT2D eigenvalue weighted by Gasteiger charge is -2.06. The summed E-state index contributed by atoms with van der Waals surface area (Å²) in [5, 5.41) is 2.53. The largest absolute Gasteiger partial charge is 0.381 e. The number of anilines is 1. The number of amides is 2. The Bertz CT molecular complexity index is 451. The molecule has 5 N–H and O–H groups in total. The molecule has 0 bridgehead atoms. The van der Waals surface area contributed by atoms with Crippen molar-refractivity contribution < 1.29 is 14.0 Å². The van der Waals surface area contributed by atoms with Crippen molar-refractivity contribution in [3.8, 4) is 0 Å². The van der Waals surface area contributed by atoms with Crippen molar-refractivity contribution in [3.05, 3.63) is 23.6 Å². The van der Waals surface area contributed by atoms with Gasteiger partial charge in [-0.25, -0.2) is 9.37 Å². The fourth-order valence-electron chi connectivity index (χ4n) is 1.36. The molecule has 0 aliphatic carbocycles. The van der Waals surface area contributed by atoms with E-state index in [1.54, 1.807) is 0 Å². The van der Waals surface area contributed by atoms with Gasteiger partial charge in [-0.1, -0.05) is 0 Å². The number of nitrogens with two attached hydrogens (primary N) is 2. The van der Waals surface area contributed by atoms with Crippen molar-refractivity contribution in [2.24, 2.45) is 5.73 Å². The van der Waals surface area contributed by atoms with Crippen molar-refractivity contribution in [2.75, 3.05) is 12.3 Å². The summed E-state index contributed by atoms with van der Waals surface area (Å²) < 4.78 is 13.4. The second kappa shape index (κ2) is 6.53. The standard InChI is InChI=1S/C11H15FN4O2/c12-9-7(4-6-15-10(9)14)11(18)16-5-2-1-3-8(13)17/h4,6H,1-3,5H2,(H2,13,17)(H2,14,15)(H,16,18). The van der Waals surface area contributed by atoms with Crippen LogP contribution in [0.25, 0.3) is 0 Å². The molecule has 0 aliphatic heterocycles. The molecule has 2 amide bonds. The molecule has 1 heterocycles. The van der Waals surface area contributed by atoms with Crippen LogP contribution in [0.5, 0.6) is 0 Å². The van der Waals surface area contributed by atoms with E-state index in [9.17, 15) is 14.0 Å². The first-order valence-corrected chi connectivity index (χ1v) is 5.49. The van der Waals surface area contributed by atoms with Crippen LogP contribution in [0.1, 0.15) is 29.6 Å². The molecule has 0 saturated carbocycles. The molecule has 0 radical (unpaired) electrons. The van der Waals surface area contributed by atoms with Crippen molar-refractivity contribution >= 4 is 17.6 Å². The van der Waals surface area contributed by atoms with E-state index in [0.29, 0.717) is 19.4 Å². The molecule has 0 spiro atoms. The fourth-order valence-corrected chi connectivity index (χ4v) is 1.36. The number of primary amides is 1. The predicted molar refractivity (Wildman–Crippen MR) is 64.0 cm³/mol. The highest BCUT2D eigenvalue weighted by molar-refractivity contribution is 5.95. The minimum absolute atomic E-state index is 0.141. The van der Waals surface area contributed by atoms with E-state index >= 15 is 0 Å². The Morgan fingerprint density at radius 3 is 2.78 bits per heavy atom. The van der Waals surface area contributed by atoms with E-state index in [4.69, 9.17) is 11.5 Å². The summed E-state index contributed by atoms with van der Waals surface area (Å²) in [7, 11) is 0. The molecule has 0 fully saturated rings. The Labute approximate surface area is 104 Å². The van der Waals surface area contributed by atoms with Gasteiger partial charge in [0.1, 0.15) is 0 Å². The number of aromatic nitrogens is 1. The number of hydrogen-bond acceptors (Lipinski definition) is 4. The first-order valence-electron chi connectivity index (χ1n) is 5.49. The number of nitrogens with one attached hydrogen (secondary N) is 1. The molecule has 1 aromatic heterocycles. The average molecular weight is 254 g/mol. The maximum atomic E-state index is 13.4. The lowest BCUT2D eigenvalue weighted by molar-refractivity contribution is -0.118. The maximum absolute atomic E-state index is 13.4. The van der Waals surface area contributed by atoms with Crippen LogP contribution in [-0.2, 0) is 4.79 Å². The zero-order valence-electron chi connectivity index (χ0n) is 9.78. The van der Waals surface area contributed by atoms with Gasteiger partial charge in [-0.05, 0) is 18.9 Å². The monoisotopic (exact) mass is 254 g/mol. The molecule has 0 saturated heterocycles.